The van der Waals surface area contributed by atoms with Crippen molar-refractivity contribution in [2.45, 2.75) is 168 Å². The van der Waals surface area contributed by atoms with Gasteiger partial charge in [-0.05, 0) is 86.7 Å². The van der Waals surface area contributed by atoms with Crippen LogP contribution in [0.3, 0.4) is 0 Å². The lowest BCUT2D eigenvalue weighted by Gasteiger charge is -2.26. The first-order chi connectivity index (χ1) is 27.4. The Morgan fingerprint density at radius 2 is 1.12 bits per heavy atom. The van der Waals surface area contributed by atoms with Crippen molar-refractivity contribution in [2.24, 2.45) is 10.2 Å². The van der Waals surface area contributed by atoms with Gasteiger partial charge in [0.1, 0.15) is 22.2 Å². The van der Waals surface area contributed by atoms with E-state index in [0.717, 1.165) is 38.5 Å². The molecule has 0 saturated heterocycles. The summed E-state index contributed by atoms with van der Waals surface area (Å²) >= 11 is 6.10. The van der Waals surface area contributed by atoms with Crippen LogP contribution in [0.25, 0.3) is 0 Å². The van der Waals surface area contributed by atoms with E-state index in [1.807, 2.05) is 4.90 Å². The van der Waals surface area contributed by atoms with Crippen LogP contribution in [-0.2, 0) is 10.0 Å². The second kappa shape index (κ2) is 25.7. The third-order valence-corrected chi connectivity index (χ3v) is 12.7. The Kier molecular flexibility index (Phi) is 21.5. The highest BCUT2D eigenvalue weighted by Crippen LogP contribution is 2.38. The fraction of sp³-hybridized carbons (Fsp3) is 0.587. The largest absolute Gasteiger partial charge is 0.507 e. The van der Waals surface area contributed by atoms with Crippen LogP contribution in [0, 0.1) is 20.8 Å². The molecule has 0 aromatic heterocycles. The zero-order valence-corrected chi connectivity index (χ0v) is 36.9. The number of azo groups is 1. The predicted molar refractivity (Wildman–Crippen MR) is 236 cm³/mol. The second-order valence-corrected chi connectivity index (χ2v) is 17.6. The normalized spacial score (nSPS) is 11.8. The number of sulfonamides is 1. The van der Waals surface area contributed by atoms with E-state index >= 15 is 0 Å². The molecule has 0 unspecified atom stereocenters. The summed E-state index contributed by atoms with van der Waals surface area (Å²) in [4.78, 5) is 16.3. The predicted octanol–water partition coefficient (Wildman–Crippen LogP) is 14.2. The molecule has 3 aromatic carbocycles. The van der Waals surface area contributed by atoms with E-state index in [1.54, 1.807) is 32.9 Å². The van der Waals surface area contributed by atoms with Gasteiger partial charge in [-0.25, -0.2) is 8.42 Å². The van der Waals surface area contributed by atoms with Crippen molar-refractivity contribution in [3.63, 3.8) is 0 Å². The minimum absolute atomic E-state index is 0.00205. The summed E-state index contributed by atoms with van der Waals surface area (Å²) in [5.41, 5.74) is 2.51. The molecule has 0 saturated carbocycles. The molecule has 316 valence electrons. The Morgan fingerprint density at radius 1 is 0.649 bits per heavy atom. The topological polar surface area (TPSA) is 132 Å². The van der Waals surface area contributed by atoms with E-state index in [2.05, 4.69) is 28.8 Å². The average Bonchev–Trinajstić information content (AvgIpc) is 3.20. The Balaban J connectivity index is 1.74. The van der Waals surface area contributed by atoms with Crippen LogP contribution in [0.1, 0.15) is 169 Å². The molecule has 0 aliphatic rings. The fourth-order valence-corrected chi connectivity index (χ4v) is 8.54. The molecule has 3 rings (SSSR count). The van der Waals surface area contributed by atoms with E-state index in [1.165, 1.54) is 120 Å². The minimum Gasteiger partial charge on any atom is -0.507 e. The Bertz CT molecular complexity index is 1790. The van der Waals surface area contributed by atoms with Crippen molar-refractivity contribution in [3.05, 3.63) is 69.7 Å². The molecule has 1 amide bonds. The highest BCUT2D eigenvalue weighted by atomic mass is 35.5. The number of aromatic hydroxyl groups is 2. The maximum Gasteiger partial charge on any atom is 0.261 e. The number of phenols is 2. The lowest BCUT2D eigenvalue weighted by atomic mass is 9.95. The van der Waals surface area contributed by atoms with Crippen molar-refractivity contribution in [3.8, 4) is 11.5 Å². The molecule has 11 heteroatoms. The van der Waals surface area contributed by atoms with Crippen LogP contribution in [-0.4, -0.2) is 42.5 Å². The van der Waals surface area contributed by atoms with Crippen LogP contribution in [0.4, 0.5) is 17.1 Å². The number of unbranched alkanes of at least 4 members (excludes halogenated alkanes) is 18. The molecule has 0 aliphatic carbocycles. The van der Waals surface area contributed by atoms with Gasteiger partial charge in [0.15, 0.2) is 0 Å². The van der Waals surface area contributed by atoms with Gasteiger partial charge in [-0.15, -0.1) is 5.11 Å². The lowest BCUT2D eigenvalue weighted by Crippen LogP contribution is -2.34. The summed E-state index contributed by atoms with van der Waals surface area (Å²) in [7, 11) is -4.09. The SMILES string of the molecule is CCCCCCCCCCCCN(CCCCCCCCCCCC)C(=O)c1c(C)c(NS(=O)(=O)c2ccc(N=Nc3cccc(O)c3Cl)cc2)c(C)c(C)c1O. The number of hydrogen-bond donors (Lipinski definition) is 3. The molecule has 0 fully saturated rings. The van der Waals surface area contributed by atoms with Gasteiger partial charge in [-0.3, -0.25) is 9.52 Å². The molecule has 9 nitrogen and oxygen atoms in total. The lowest BCUT2D eigenvalue weighted by molar-refractivity contribution is 0.0745. The molecule has 3 N–H and O–H groups in total. The van der Waals surface area contributed by atoms with Crippen molar-refractivity contribution in [2.75, 3.05) is 17.8 Å². The van der Waals surface area contributed by atoms with Crippen molar-refractivity contribution >= 4 is 44.6 Å². The molecule has 0 spiro atoms. The molecular formula is C46H69ClN4O5S. The summed E-state index contributed by atoms with van der Waals surface area (Å²) in [6.07, 6.45) is 24.1. The van der Waals surface area contributed by atoms with Gasteiger partial charge >= 0.3 is 0 Å². The number of carbonyl (C=O) groups is 1. The maximum absolute atomic E-state index is 14.4. The van der Waals surface area contributed by atoms with Gasteiger partial charge < -0.3 is 15.1 Å². The van der Waals surface area contributed by atoms with E-state index in [9.17, 15) is 23.4 Å². The highest BCUT2D eigenvalue weighted by molar-refractivity contribution is 7.92. The molecule has 0 radical (unpaired) electrons. The van der Waals surface area contributed by atoms with Gasteiger partial charge in [0.25, 0.3) is 15.9 Å². The van der Waals surface area contributed by atoms with E-state index in [-0.39, 0.29) is 44.3 Å². The van der Waals surface area contributed by atoms with Gasteiger partial charge in [0.05, 0.1) is 21.8 Å². The highest BCUT2D eigenvalue weighted by Gasteiger charge is 2.28. The molecule has 0 bridgehead atoms. The van der Waals surface area contributed by atoms with Crippen LogP contribution >= 0.6 is 11.6 Å². The van der Waals surface area contributed by atoms with E-state index in [0.29, 0.717) is 35.5 Å². The third-order valence-electron chi connectivity index (χ3n) is 11.0. The van der Waals surface area contributed by atoms with Gasteiger partial charge in [-0.1, -0.05) is 147 Å². The van der Waals surface area contributed by atoms with Crippen LogP contribution in [0.15, 0.2) is 57.6 Å². The molecule has 0 atom stereocenters. The Hall–Kier alpha value is -3.63. The first-order valence-electron chi connectivity index (χ1n) is 21.6. The summed E-state index contributed by atoms with van der Waals surface area (Å²) < 4.78 is 30.2. The fourth-order valence-electron chi connectivity index (χ4n) is 7.19. The smallest absolute Gasteiger partial charge is 0.261 e. The number of nitrogens with zero attached hydrogens (tertiary/aromatic N) is 3. The van der Waals surface area contributed by atoms with Gasteiger partial charge in [0, 0.05) is 13.1 Å². The second-order valence-electron chi connectivity index (χ2n) is 15.5. The number of hydrogen-bond acceptors (Lipinski definition) is 7. The zero-order chi connectivity index (χ0) is 41.6. The third kappa shape index (κ3) is 15.6. The molecule has 0 heterocycles. The van der Waals surface area contributed by atoms with Crippen molar-refractivity contribution in [1.82, 2.24) is 4.90 Å². The number of amides is 1. The first kappa shape index (κ1) is 47.7. The number of phenolic OH excluding ortho intramolecular Hbond substituents is 2. The summed E-state index contributed by atoms with van der Waals surface area (Å²) in [5, 5.41) is 29.5. The summed E-state index contributed by atoms with van der Waals surface area (Å²) in [6, 6.07) is 10.5. The summed E-state index contributed by atoms with van der Waals surface area (Å²) in [5.74, 6) is -0.478. The number of rotatable bonds is 28. The molecule has 57 heavy (non-hydrogen) atoms. The maximum atomic E-state index is 14.4. The van der Waals surface area contributed by atoms with Crippen LogP contribution in [0.5, 0.6) is 11.5 Å². The monoisotopic (exact) mass is 824 g/mol. The van der Waals surface area contributed by atoms with Crippen LogP contribution < -0.4 is 4.72 Å². The Labute approximate surface area is 348 Å². The van der Waals surface area contributed by atoms with Crippen molar-refractivity contribution in [1.29, 1.82) is 0 Å². The van der Waals surface area contributed by atoms with Gasteiger partial charge in [-0.2, -0.15) is 5.11 Å². The van der Waals surface area contributed by atoms with E-state index < -0.39 is 10.0 Å². The Morgan fingerprint density at radius 3 is 1.61 bits per heavy atom. The molecule has 3 aromatic rings. The van der Waals surface area contributed by atoms with Crippen LogP contribution in [0.2, 0.25) is 5.02 Å². The minimum atomic E-state index is -4.09. The van der Waals surface area contributed by atoms with Gasteiger partial charge in [0.2, 0.25) is 0 Å². The van der Waals surface area contributed by atoms with Crippen molar-refractivity contribution < 1.29 is 23.4 Å². The standard InChI is InChI=1S/C46H69ClN4O5S/c1-6-8-10-12-14-16-18-20-22-24-33-51(34-25-23-21-19-17-15-13-11-9-7-2)46(54)42-37(5)44(35(3)36(4)45(42)53)50-57(55,56)39-31-29-38(30-32-39)48-49-40-27-26-28-41(52)43(40)47/h26-32,50,52-53H,6-25,33-34H2,1-5H3. The number of benzene rings is 3. The molecule has 0 aliphatic heterocycles. The average molecular weight is 826 g/mol. The summed E-state index contributed by atoms with van der Waals surface area (Å²) in [6.45, 7) is 10.8. The number of anilines is 1. The zero-order valence-electron chi connectivity index (χ0n) is 35.3. The number of carbonyl (C=O) groups excluding carboxylic acids is 1. The number of nitrogens with one attached hydrogen (secondary N) is 1. The first-order valence-corrected chi connectivity index (χ1v) is 23.4. The molecular weight excluding hydrogens is 756 g/mol. The quantitative estimate of drug-likeness (QED) is 0.0381. The van der Waals surface area contributed by atoms with E-state index in [4.69, 9.17) is 11.6 Å². The number of halogens is 1.